The van der Waals surface area contributed by atoms with E-state index in [0.717, 1.165) is 0 Å². The smallest absolute Gasteiger partial charge is 0.326 e. The second-order valence-electron chi connectivity index (χ2n) is 2.67. The van der Waals surface area contributed by atoms with Crippen LogP contribution < -0.4 is 5.32 Å². The van der Waals surface area contributed by atoms with Crippen molar-refractivity contribution >= 4 is 11.9 Å². The predicted octanol–water partition coefficient (Wildman–Crippen LogP) is -0.648. The van der Waals surface area contributed by atoms with Crippen LogP contribution in [0.4, 0.5) is 0 Å². The third-order valence-electron chi connectivity index (χ3n) is 1.55. The lowest BCUT2D eigenvalue weighted by atomic mass is 10.2. The van der Waals surface area contributed by atoms with E-state index in [-0.39, 0.29) is 25.9 Å². The molecule has 1 atom stereocenters. The molecule has 5 nitrogen and oxygen atoms in total. The molecule has 5 heteroatoms. The van der Waals surface area contributed by atoms with E-state index in [1.54, 1.807) is 0 Å². The standard InChI is InChI=1S/C9H13NO4/c1-2-3-4-8(12)10-7(5-6-11)9(13)14/h1,7,11H,3-6H2,(H,10,12)(H,13,14)/t7-/m0/s1. The first-order valence-corrected chi connectivity index (χ1v) is 4.18. The van der Waals surface area contributed by atoms with Gasteiger partial charge in [0.15, 0.2) is 0 Å². The van der Waals surface area contributed by atoms with Crippen LogP contribution in [0.2, 0.25) is 0 Å². The van der Waals surface area contributed by atoms with Gasteiger partial charge in [-0.1, -0.05) is 0 Å². The van der Waals surface area contributed by atoms with Gasteiger partial charge in [-0.3, -0.25) is 4.79 Å². The number of rotatable bonds is 6. The molecule has 0 unspecified atom stereocenters. The van der Waals surface area contributed by atoms with Crippen LogP contribution in [0.25, 0.3) is 0 Å². The molecule has 0 aliphatic rings. The van der Waals surface area contributed by atoms with Crippen molar-refractivity contribution in [2.45, 2.75) is 25.3 Å². The molecule has 0 saturated carbocycles. The van der Waals surface area contributed by atoms with Crippen molar-refractivity contribution in [3.8, 4) is 12.3 Å². The quantitative estimate of drug-likeness (QED) is 0.496. The molecule has 0 bridgehead atoms. The second kappa shape index (κ2) is 6.92. The number of carbonyl (C=O) groups is 2. The highest BCUT2D eigenvalue weighted by atomic mass is 16.4. The summed E-state index contributed by atoms with van der Waals surface area (Å²) in [6.45, 7) is -0.285. The molecule has 0 radical (unpaired) electrons. The number of aliphatic hydroxyl groups is 1. The van der Waals surface area contributed by atoms with E-state index >= 15 is 0 Å². The Morgan fingerprint density at radius 1 is 1.50 bits per heavy atom. The van der Waals surface area contributed by atoms with E-state index in [2.05, 4.69) is 11.2 Å². The average Bonchev–Trinajstić information content (AvgIpc) is 2.14. The van der Waals surface area contributed by atoms with Gasteiger partial charge < -0.3 is 15.5 Å². The zero-order valence-electron chi connectivity index (χ0n) is 7.69. The second-order valence-corrected chi connectivity index (χ2v) is 2.67. The topological polar surface area (TPSA) is 86.6 Å². The molecule has 0 fully saturated rings. The average molecular weight is 199 g/mol. The van der Waals surface area contributed by atoms with Crippen LogP contribution in [0.1, 0.15) is 19.3 Å². The SMILES string of the molecule is C#CCCC(=O)N[C@@H](CCO)C(=O)O. The first-order valence-electron chi connectivity index (χ1n) is 4.18. The van der Waals surface area contributed by atoms with Gasteiger partial charge in [0.2, 0.25) is 5.91 Å². The fourth-order valence-corrected chi connectivity index (χ4v) is 0.839. The summed E-state index contributed by atoms with van der Waals surface area (Å²) < 4.78 is 0. The minimum absolute atomic E-state index is 0.00285. The highest BCUT2D eigenvalue weighted by molar-refractivity contribution is 5.83. The van der Waals surface area contributed by atoms with E-state index in [1.165, 1.54) is 0 Å². The molecule has 0 aromatic carbocycles. The Morgan fingerprint density at radius 2 is 2.14 bits per heavy atom. The Bertz CT molecular complexity index is 244. The minimum atomic E-state index is -1.16. The van der Waals surface area contributed by atoms with Gasteiger partial charge in [-0.15, -0.1) is 12.3 Å². The van der Waals surface area contributed by atoms with Gasteiger partial charge >= 0.3 is 5.97 Å². The Hall–Kier alpha value is -1.54. The minimum Gasteiger partial charge on any atom is -0.480 e. The lowest BCUT2D eigenvalue weighted by Crippen LogP contribution is -2.41. The van der Waals surface area contributed by atoms with Crippen LogP contribution in [-0.2, 0) is 9.59 Å². The fraction of sp³-hybridized carbons (Fsp3) is 0.556. The number of nitrogens with one attached hydrogen (secondary N) is 1. The van der Waals surface area contributed by atoms with E-state index in [4.69, 9.17) is 16.6 Å². The normalized spacial score (nSPS) is 11.4. The summed E-state index contributed by atoms with van der Waals surface area (Å²) in [5, 5.41) is 19.4. The van der Waals surface area contributed by atoms with Crippen molar-refractivity contribution in [2.75, 3.05) is 6.61 Å². The fourth-order valence-electron chi connectivity index (χ4n) is 0.839. The van der Waals surface area contributed by atoms with Gasteiger partial charge in [-0.2, -0.15) is 0 Å². The maximum Gasteiger partial charge on any atom is 0.326 e. The molecule has 78 valence electrons. The van der Waals surface area contributed by atoms with E-state index < -0.39 is 17.9 Å². The molecule has 0 heterocycles. The van der Waals surface area contributed by atoms with Gasteiger partial charge in [0.1, 0.15) is 6.04 Å². The molecule has 0 rings (SSSR count). The zero-order valence-corrected chi connectivity index (χ0v) is 7.69. The molecule has 0 aromatic heterocycles. The summed E-state index contributed by atoms with van der Waals surface area (Å²) in [6.07, 6.45) is 5.31. The zero-order chi connectivity index (χ0) is 11.0. The van der Waals surface area contributed by atoms with Crippen LogP contribution in [0.5, 0.6) is 0 Å². The molecule has 14 heavy (non-hydrogen) atoms. The number of carbonyl (C=O) groups excluding carboxylic acids is 1. The number of carboxylic acid groups (broad SMARTS) is 1. The number of aliphatic carboxylic acids is 1. The summed E-state index contributed by atoms with van der Waals surface area (Å²) >= 11 is 0. The van der Waals surface area contributed by atoms with Crippen molar-refractivity contribution in [3.63, 3.8) is 0 Å². The summed E-state index contributed by atoms with van der Waals surface area (Å²) in [5.41, 5.74) is 0. The largest absolute Gasteiger partial charge is 0.480 e. The van der Waals surface area contributed by atoms with E-state index in [9.17, 15) is 9.59 Å². The number of carboxylic acids is 1. The first-order chi connectivity index (χ1) is 6.61. The van der Waals surface area contributed by atoms with Crippen molar-refractivity contribution < 1.29 is 19.8 Å². The monoisotopic (exact) mass is 199 g/mol. The molecular formula is C9H13NO4. The molecule has 0 aliphatic heterocycles. The molecule has 0 saturated heterocycles. The maximum atomic E-state index is 11.0. The van der Waals surface area contributed by atoms with Gasteiger partial charge in [0, 0.05) is 25.9 Å². The summed E-state index contributed by atoms with van der Waals surface area (Å²) in [5.74, 6) is 0.703. The first kappa shape index (κ1) is 12.5. The third-order valence-corrected chi connectivity index (χ3v) is 1.55. The molecule has 3 N–H and O–H groups in total. The lowest BCUT2D eigenvalue weighted by Gasteiger charge is -2.12. The summed E-state index contributed by atoms with van der Waals surface area (Å²) in [4.78, 5) is 21.6. The van der Waals surface area contributed by atoms with Crippen molar-refractivity contribution in [1.29, 1.82) is 0 Å². The lowest BCUT2D eigenvalue weighted by molar-refractivity contribution is -0.142. The molecule has 0 aliphatic carbocycles. The number of hydrogen-bond donors (Lipinski definition) is 3. The Balaban J connectivity index is 3.97. The number of hydrogen-bond acceptors (Lipinski definition) is 3. The summed E-state index contributed by atoms with van der Waals surface area (Å²) in [6, 6.07) is -1.04. The Labute approximate surface area is 82.1 Å². The van der Waals surface area contributed by atoms with E-state index in [1.807, 2.05) is 0 Å². The number of aliphatic hydroxyl groups excluding tert-OH is 1. The molecular weight excluding hydrogens is 186 g/mol. The van der Waals surface area contributed by atoms with Crippen LogP contribution >= 0.6 is 0 Å². The van der Waals surface area contributed by atoms with Crippen LogP contribution in [0.3, 0.4) is 0 Å². The molecule has 1 amide bonds. The van der Waals surface area contributed by atoms with Gasteiger partial charge in [0.05, 0.1) is 0 Å². The Morgan fingerprint density at radius 3 is 2.57 bits per heavy atom. The predicted molar refractivity (Wildman–Crippen MR) is 49.3 cm³/mol. The van der Waals surface area contributed by atoms with Gasteiger partial charge in [0.25, 0.3) is 0 Å². The van der Waals surface area contributed by atoms with Crippen molar-refractivity contribution in [2.24, 2.45) is 0 Å². The number of amides is 1. The van der Waals surface area contributed by atoms with Gasteiger partial charge in [-0.25, -0.2) is 4.79 Å². The summed E-state index contributed by atoms with van der Waals surface area (Å²) in [7, 11) is 0. The van der Waals surface area contributed by atoms with Crippen LogP contribution in [0, 0.1) is 12.3 Å². The number of terminal acetylenes is 1. The van der Waals surface area contributed by atoms with Crippen molar-refractivity contribution in [1.82, 2.24) is 5.32 Å². The van der Waals surface area contributed by atoms with Crippen molar-refractivity contribution in [3.05, 3.63) is 0 Å². The molecule has 0 aromatic rings. The Kier molecular flexibility index (Phi) is 6.16. The highest BCUT2D eigenvalue weighted by Crippen LogP contribution is 1.94. The van der Waals surface area contributed by atoms with E-state index in [0.29, 0.717) is 0 Å². The van der Waals surface area contributed by atoms with Crippen LogP contribution in [-0.4, -0.2) is 34.7 Å². The third kappa shape index (κ3) is 5.17. The molecule has 0 spiro atoms. The highest BCUT2D eigenvalue weighted by Gasteiger charge is 2.18. The van der Waals surface area contributed by atoms with Crippen LogP contribution in [0.15, 0.2) is 0 Å². The van der Waals surface area contributed by atoms with Gasteiger partial charge in [-0.05, 0) is 0 Å². The maximum absolute atomic E-state index is 11.0.